The van der Waals surface area contributed by atoms with E-state index in [1.54, 1.807) is 23.1 Å². The van der Waals surface area contributed by atoms with Gasteiger partial charge in [-0.1, -0.05) is 36.4 Å². The number of methoxy groups -OCH3 is 1. The van der Waals surface area contributed by atoms with Gasteiger partial charge in [0.1, 0.15) is 0 Å². The van der Waals surface area contributed by atoms with E-state index in [1.165, 1.54) is 7.11 Å². The number of aromatic nitrogens is 3. The van der Waals surface area contributed by atoms with E-state index in [4.69, 9.17) is 4.74 Å². The highest BCUT2D eigenvalue weighted by molar-refractivity contribution is 6.03. The van der Waals surface area contributed by atoms with E-state index < -0.39 is 0 Å². The molecule has 0 fully saturated rings. The Bertz CT molecular complexity index is 1050. The number of hydrogen-bond donors (Lipinski definition) is 0. The van der Waals surface area contributed by atoms with Crippen LogP contribution in [-0.2, 0) is 4.74 Å². The van der Waals surface area contributed by atoms with Gasteiger partial charge in [-0.2, -0.15) is 5.10 Å². The molecule has 5 heteroatoms. The van der Waals surface area contributed by atoms with Gasteiger partial charge in [0, 0.05) is 17.1 Å². The standard InChI is InChI=1S/C20H15N3O2/c1-25-20(24)17-8-5-9-19-18(17)13-22-23(19)16-10-15(11-21-12-16)14-6-3-2-4-7-14/h2-13H,1H3. The van der Waals surface area contributed by atoms with Gasteiger partial charge >= 0.3 is 5.97 Å². The second-order valence-corrected chi connectivity index (χ2v) is 5.58. The molecule has 25 heavy (non-hydrogen) atoms. The fraction of sp³-hybridized carbons (Fsp3) is 0.0500. The second-order valence-electron chi connectivity index (χ2n) is 5.58. The zero-order valence-corrected chi connectivity index (χ0v) is 13.6. The topological polar surface area (TPSA) is 57.0 Å². The molecular weight excluding hydrogens is 314 g/mol. The fourth-order valence-corrected chi connectivity index (χ4v) is 2.88. The van der Waals surface area contributed by atoms with Gasteiger partial charge in [0.25, 0.3) is 0 Å². The lowest BCUT2D eigenvalue weighted by molar-refractivity contribution is 0.0603. The average molecular weight is 329 g/mol. The molecular formula is C20H15N3O2. The van der Waals surface area contributed by atoms with Gasteiger partial charge in [-0.3, -0.25) is 4.98 Å². The maximum atomic E-state index is 11.9. The van der Waals surface area contributed by atoms with Crippen molar-refractivity contribution < 1.29 is 9.53 Å². The molecule has 0 atom stereocenters. The van der Waals surface area contributed by atoms with E-state index in [0.29, 0.717) is 5.56 Å². The fourth-order valence-electron chi connectivity index (χ4n) is 2.88. The number of esters is 1. The summed E-state index contributed by atoms with van der Waals surface area (Å²) in [6, 6.07) is 17.6. The molecule has 5 nitrogen and oxygen atoms in total. The minimum absolute atomic E-state index is 0.374. The van der Waals surface area contributed by atoms with Crippen molar-refractivity contribution in [1.82, 2.24) is 14.8 Å². The summed E-state index contributed by atoms with van der Waals surface area (Å²) >= 11 is 0. The zero-order valence-electron chi connectivity index (χ0n) is 13.6. The predicted molar refractivity (Wildman–Crippen MR) is 95.6 cm³/mol. The van der Waals surface area contributed by atoms with Crippen molar-refractivity contribution in [2.24, 2.45) is 0 Å². The zero-order chi connectivity index (χ0) is 17.2. The average Bonchev–Trinajstić information content (AvgIpc) is 3.12. The van der Waals surface area contributed by atoms with Crippen LogP contribution in [0.2, 0.25) is 0 Å². The summed E-state index contributed by atoms with van der Waals surface area (Å²) in [4.78, 5) is 16.3. The quantitative estimate of drug-likeness (QED) is 0.535. The van der Waals surface area contributed by atoms with Crippen LogP contribution in [-0.4, -0.2) is 27.8 Å². The molecule has 0 N–H and O–H groups in total. The maximum absolute atomic E-state index is 11.9. The number of pyridine rings is 1. The molecule has 2 heterocycles. The van der Waals surface area contributed by atoms with Crippen LogP contribution in [0.4, 0.5) is 0 Å². The summed E-state index contributed by atoms with van der Waals surface area (Å²) in [6.45, 7) is 0. The molecule has 0 aliphatic heterocycles. The van der Waals surface area contributed by atoms with Gasteiger partial charge < -0.3 is 4.74 Å². The summed E-state index contributed by atoms with van der Waals surface area (Å²) in [7, 11) is 1.37. The molecule has 2 aromatic carbocycles. The van der Waals surface area contributed by atoms with Crippen LogP contribution in [0.5, 0.6) is 0 Å². The van der Waals surface area contributed by atoms with Crippen LogP contribution in [0, 0.1) is 0 Å². The van der Waals surface area contributed by atoms with Gasteiger partial charge in [0.05, 0.1) is 36.3 Å². The molecule has 0 unspecified atom stereocenters. The highest BCUT2D eigenvalue weighted by atomic mass is 16.5. The number of carbonyl (C=O) groups is 1. The number of hydrogen-bond acceptors (Lipinski definition) is 4. The highest BCUT2D eigenvalue weighted by Crippen LogP contribution is 2.25. The summed E-state index contributed by atoms with van der Waals surface area (Å²) < 4.78 is 6.63. The Hall–Kier alpha value is -3.47. The predicted octanol–water partition coefficient (Wildman–Crippen LogP) is 3.87. The van der Waals surface area contributed by atoms with Crippen LogP contribution in [0.15, 0.2) is 73.2 Å². The lowest BCUT2D eigenvalue weighted by atomic mass is 10.1. The lowest BCUT2D eigenvalue weighted by Crippen LogP contribution is -2.02. The van der Waals surface area contributed by atoms with Crippen molar-refractivity contribution in [1.29, 1.82) is 0 Å². The normalized spacial score (nSPS) is 10.8. The third-order valence-corrected chi connectivity index (χ3v) is 4.09. The van der Waals surface area contributed by atoms with Crippen molar-refractivity contribution in [2.75, 3.05) is 7.11 Å². The second kappa shape index (κ2) is 6.20. The van der Waals surface area contributed by atoms with Gasteiger partial charge in [-0.05, 0) is 23.8 Å². The van der Waals surface area contributed by atoms with Crippen molar-refractivity contribution in [2.45, 2.75) is 0 Å². The van der Waals surface area contributed by atoms with E-state index >= 15 is 0 Å². The summed E-state index contributed by atoms with van der Waals surface area (Å²) in [6.07, 6.45) is 5.25. The van der Waals surface area contributed by atoms with Crippen LogP contribution in [0.3, 0.4) is 0 Å². The van der Waals surface area contributed by atoms with Gasteiger partial charge in [-0.25, -0.2) is 9.48 Å². The van der Waals surface area contributed by atoms with Crippen molar-refractivity contribution >= 4 is 16.9 Å². The van der Waals surface area contributed by atoms with Crippen molar-refractivity contribution in [3.63, 3.8) is 0 Å². The Morgan fingerprint density at radius 3 is 2.60 bits per heavy atom. The van der Waals surface area contributed by atoms with Crippen LogP contribution in [0.25, 0.3) is 27.7 Å². The van der Waals surface area contributed by atoms with Gasteiger partial charge in [0.2, 0.25) is 0 Å². The Morgan fingerprint density at radius 1 is 0.960 bits per heavy atom. The van der Waals surface area contributed by atoms with E-state index in [1.807, 2.05) is 54.7 Å². The Labute approximate surface area is 144 Å². The van der Waals surface area contributed by atoms with Crippen LogP contribution >= 0.6 is 0 Å². The SMILES string of the molecule is COC(=O)c1cccc2c1cnn2-c1cncc(-c2ccccc2)c1. The van der Waals surface area contributed by atoms with E-state index in [0.717, 1.165) is 27.7 Å². The molecule has 0 saturated carbocycles. The molecule has 0 aliphatic carbocycles. The minimum atomic E-state index is -0.374. The number of carbonyl (C=O) groups excluding carboxylic acids is 1. The van der Waals surface area contributed by atoms with Crippen LogP contribution < -0.4 is 0 Å². The molecule has 0 radical (unpaired) electrons. The van der Waals surface area contributed by atoms with E-state index in [9.17, 15) is 4.79 Å². The minimum Gasteiger partial charge on any atom is -0.465 e. The molecule has 0 aliphatic rings. The Kier molecular flexibility index (Phi) is 3.74. The molecule has 0 spiro atoms. The molecule has 0 amide bonds. The summed E-state index contributed by atoms with van der Waals surface area (Å²) in [5.41, 5.74) is 4.25. The number of benzene rings is 2. The summed E-state index contributed by atoms with van der Waals surface area (Å²) in [5, 5.41) is 5.20. The first-order chi connectivity index (χ1) is 12.3. The molecule has 4 rings (SSSR count). The van der Waals surface area contributed by atoms with Gasteiger partial charge in [0.15, 0.2) is 0 Å². The number of ether oxygens (including phenoxy) is 1. The Balaban J connectivity index is 1.85. The number of nitrogens with zero attached hydrogens (tertiary/aromatic N) is 3. The molecule has 0 saturated heterocycles. The number of rotatable bonds is 3. The number of fused-ring (bicyclic) bond motifs is 1. The smallest absolute Gasteiger partial charge is 0.338 e. The Morgan fingerprint density at radius 2 is 1.80 bits per heavy atom. The van der Waals surface area contributed by atoms with Gasteiger partial charge in [-0.15, -0.1) is 0 Å². The lowest BCUT2D eigenvalue weighted by Gasteiger charge is -2.07. The molecule has 122 valence electrons. The third-order valence-electron chi connectivity index (χ3n) is 4.09. The van der Waals surface area contributed by atoms with Crippen molar-refractivity contribution in [3.05, 3.63) is 78.8 Å². The van der Waals surface area contributed by atoms with Crippen molar-refractivity contribution in [3.8, 4) is 16.8 Å². The third kappa shape index (κ3) is 2.65. The van der Waals surface area contributed by atoms with E-state index in [-0.39, 0.29) is 5.97 Å². The first-order valence-electron chi connectivity index (χ1n) is 7.84. The first kappa shape index (κ1) is 15.1. The summed E-state index contributed by atoms with van der Waals surface area (Å²) in [5.74, 6) is -0.374. The van der Waals surface area contributed by atoms with E-state index in [2.05, 4.69) is 10.1 Å². The monoisotopic (exact) mass is 329 g/mol. The van der Waals surface area contributed by atoms with Crippen LogP contribution in [0.1, 0.15) is 10.4 Å². The molecule has 4 aromatic rings. The largest absolute Gasteiger partial charge is 0.465 e. The highest BCUT2D eigenvalue weighted by Gasteiger charge is 2.14. The maximum Gasteiger partial charge on any atom is 0.338 e. The first-order valence-corrected chi connectivity index (χ1v) is 7.84. The molecule has 0 bridgehead atoms. The molecule has 2 aromatic heterocycles.